The van der Waals surface area contributed by atoms with E-state index in [0.29, 0.717) is 25.5 Å². The van der Waals surface area contributed by atoms with Crippen LogP contribution < -0.4 is 11.5 Å². The monoisotopic (exact) mass is 224 g/mol. The number of rotatable bonds is 6. The van der Waals surface area contributed by atoms with Gasteiger partial charge in [0.05, 0.1) is 13.2 Å². The third-order valence-electron chi connectivity index (χ3n) is 1.88. The minimum absolute atomic E-state index is 0.0594. The van der Waals surface area contributed by atoms with Crippen molar-refractivity contribution in [3.05, 3.63) is 18.5 Å². The molecular weight excluding hydrogens is 208 g/mol. The molecule has 5 N–H and O–H groups in total. The number of aromatic nitrogens is 3. The lowest BCUT2D eigenvalue weighted by Crippen LogP contribution is -2.28. The highest BCUT2D eigenvalue weighted by Gasteiger charge is 2.07. The van der Waals surface area contributed by atoms with Gasteiger partial charge in [0.2, 0.25) is 11.9 Å². The molecule has 0 aliphatic heterocycles. The molecule has 0 saturated carbocycles. The fraction of sp³-hybridized carbons (Fsp3) is 0.444. The zero-order chi connectivity index (χ0) is 12.0. The molecular formula is C9H16N6O. The fourth-order valence-electron chi connectivity index (χ4n) is 1.29. The quantitative estimate of drug-likeness (QED) is 0.532. The molecule has 0 saturated heterocycles. The molecule has 0 spiro atoms. The van der Waals surface area contributed by atoms with Crippen LogP contribution in [-0.2, 0) is 6.54 Å². The predicted octanol–water partition coefficient (Wildman–Crippen LogP) is -0.984. The molecule has 0 amide bonds. The molecule has 1 rings (SSSR count). The third kappa shape index (κ3) is 3.79. The maximum atomic E-state index is 8.87. The molecule has 7 heteroatoms. The molecule has 7 nitrogen and oxygen atoms in total. The van der Waals surface area contributed by atoms with Crippen LogP contribution in [0.4, 0.5) is 11.9 Å². The van der Waals surface area contributed by atoms with Gasteiger partial charge in [-0.1, -0.05) is 6.08 Å². The summed E-state index contributed by atoms with van der Waals surface area (Å²) < 4.78 is 0. The lowest BCUT2D eigenvalue weighted by molar-refractivity contribution is 0.200. The number of hydrogen-bond acceptors (Lipinski definition) is 7. The second-order valence-electron chi connectivity index (χ2n) is 3.22. The summed E-state index contributed by atoms with van der Waals surface area (Å²) in [5.41, 5.74) is 10.9. The summed E-state index contributed by atoms with van der Waals surface area (Å²) in [6, 6.07) is 0. The highest BCUT2D eigenvalue weighted by Crippen LogP contribution is 2.02. The summed E-state index contributed by atoms with van der Waals surface area (Å²) in [6.45, 7) is 5.28. The first-order valence-corrected chi connectivity index (χ1v) is 4.85. The maximum absolute atomic E-state index is 8.87. The summed E-state index contributed by atoms with van der Waals surface area (Å²) in [7, 11) is 0. The Hall–Kier alpha value is -1.73. The number of aliphatic hydroxyl groups is 1. The average molecular weight is 224 g/mol. The van der Waals surface area contributed by atoms with Crippen molar-refractivity contribution in [3.8, 4) is 0 Å². The van der Waals surface area contributed by atoms with Crippen molar-refractivity contribution in [2.24, 2.45) is 0 Å². The Morgan fingerprint density at radius 1 is 1.25 bits per heavy atom. The first-order valence-electron chi connectivity index (χ1n) is 4.85. The van der Waals surface area contributed by atoms with Crippen molar-refractivity contribution in [1.29, 1.82) is 0 Å². The summed E-state index contributed by atoms with van der Waals surface area (Å²) in [6.07, 6.45) is 1.74. The Labute approximate surface area is 93.8 Å². The van der Waals surface area contributed by atoms with Crippen molar-refractivity contribution in [2.45, 2.75) is 6.54 Å². The van der Waals surface area contributed by atoms with E-state index in [0.717, 1.165) is 0 Å². The summed E-state index contributed by atoms with van der Waals surface area (Å²) >= 11 is 0. The van der Waals surface area contributed by atoms with E-state index in [9.17, 15) is 0 Å². The topological polar surface area (TPSA) is 114 Å². The van der Waals surface area contributed by atoms with E-state index in [1.807, 2.05) is 4.90 Å². The van der Waals surface area contributed by atoms with Crippen molar-refractivity contribution >= 4 is 11.9 Å². The lowest BCUT2D eigenvalue weighted by atomic mass is 10.4. The number of nitrogens with two attached hydrogens (primary N) is 2. The molecule has 0 radical (unpaired) electrons. The molecule has 0 fully saturated rings. The molecule has 1 heterocycles. The van der Waals surface area contributed by atoms with Crippen LogP contribution in [0.15, 0.2) is 12.7 Å². The average Bonchev–Trinajstić information content (AvgIpc) is 2.16. The van der Waals surface area contributed by atoms with Crippen molar-refractivity contribution in [1.82, 2.24) is 19.9 Å². The van der Waals surface area contributed by atoms with Gasteiger partial charge in [-0.05, 0) is 0 Å². The van der Waals surface area contributed by atoms with Gasteiger partial charge < -0.3 is 16.6 Å². The first-order chi connectivity index (χ1) is 7.65. The van der Waals surface area contributed by atoms with Gasteiger partial charge in [0, 0.05) is 13.1 Å². The van der Waals surface area contributed by atoms with Crippen LogP contribution in [0.25, 0.3) is 0 Å². The standard InChI is InChI=1S/C9H16N6O/c1-2-3-15(4-5-16)6-7-12-8(10)14-9(11)13-7/h2,16H,1,3-6H2,(H4,10,11,12,13,14). The van der Waals surface area contributed by atoms with Crippen LogP contribution in [0.3, 0.4) is 0 Å². The molecule has 0 aromatic carbocycles. The summed E-state index contributed by atoms with van der Waals surface area (Å²) in [5.74, 6) is 0.690. The van der Waals surface area contributed by atoms with Crippen molar-refractivity contribution < 1.29 is 5.11 Å². The van der Waals surface area contributed by atoms with Gasteiger partial charge in [-0.15, -0.1) is 6.58 Å². The molecule has 0 unspecified atom stereocenters. The minimum Gasteiger partial charge on any atom is -0.395 e. The van der Waals surface area contributed by atoms with Gasteiger partial charge in [-0.3, -0.25) is 4.90 Å². The number of hydrogen-bond donors (Lipinski definition) is 3. The summed E-state index contributed by atoms with van der Waals surface area (Å²) in [4.78, 5) is 13.5. The molecule has 16 heavy (non-hydrogen) atoms. The molecule has 0 atom stereocenters. The van der Waals surface area contributed by atoms with E-state index in [4.69, 9.17) is 16.6 Å². The van der Waals surface area contributed by atoms with Crippen molar-refractivity contribution in [2.75, 3.05) is 31.2 Å². The Balaban J connectivity index is 2.71. The number of nitrogens with zero attached hydrogens (tertiary/aromatic N) is 4. The second kappa shape index (κ2) is 5.99. The van der Waals surface area contributed by atoms with Gasteiger partial charge in [-0.2, -0.15) is 15.0 Å². The van der Waals surface area contributed by atoms with Gasteiger partial charge >= 0.3 is 0 Å². The van der Waals surface area contributed by atoms with E-state index in [1.54, 1.807) is 6.08 Å². The largest absolute Gasteiger partial charge is 0.395 e. The molecule has 0 bridgehead atoms. The van der Waals surface area contributed by atoms with E-state index < -0.39 is 0 Å². The normalized spacial score (nSPS) is 10.6. The molecule has 0 aliphatic carbocycles. The maximum Gasteiger partial charge on any atom is 0.225 e. The van der Waals surface area contributed by atoms with Crippen LogP contribution >= 0.6 is 0 Å². The third-order valence-corrected chi connectivity index (χ3v) is 1.88. The Morgan fingerprint density at radius 3 is 2.38 bits per heavy atom. The number of anilines is 2. The Kier molecular flexibility index (Phi) is 4.62. The zero-order valence-electron chi connectivity index (χ0n) is 9.00. The van der Waals surface area contributed by atoms with Crippen molar-refractivity contribution in [3.63, 3.8) is 0 Å². The van der Waals surface area contributed by atoms with Gasteiger partial charge in [0.25, 0.3) is 0 Å². The van der Waals surface area contributed by atoms with Crippen LogP contribution in [0.2, 0.25) is 0 Å². The first kappa shape index (κ1) is 12.3. The van der Waals surface area contributed by atoms with E-state index in [2.05, 4.69) is 21.5 Å². The van der Waals surface area contributed by atoms with Crippen LogP contribution in [-0.4, -0.2) is 44.7 Å². The second-order valence-corrected chi connectivity index (χ2v) is 3.22. The summed E-state index contributed by atoms with van der Waals surface area (Å²) in [5, 5.41) is 8.87. The smallest absolute Gasteiger partial charge is 0.225 e. The van der Waals surface area contributed by atoms with Gasteiger partial charge in [0.15, 0.2) is 0 Å². The van der Waals surface area contributed by atoms with Gasteiger partial charge in [0.1, 0.15) is 5.82 Å². The van der Waals surface area contributed by atoms with E-state index in [-0.39, 0.29) is 18.5 Å². The van der Waals surface area contributed by atoms with Crippen LogP contribution in [0, 0.1) is 0 Å². The van der Waals surface area contributed by atoms with Gasteiger partial charge in [-0.25, -0.2) is 0 Å². The lowest BCUT2D eigenvalue weighted by Gasteiger charge is -2.18. The van der Waals surface area contributed by atoms with E-state index >= 15 is 0 Å². The molecule has 1 aromatic rings. The SMILES string of the molecule is C=CCN(CCO)Cc1nc(N)nc(N)n1. The molecule has 1 aromatic heterocycles. The minimum atomic E-state index is 0.0594. The number of aliphatic hydroxyl groups excluding tert-OH is 1. The number of nitrogen functional groups attached to an aromatic ring is 2. The Bertz CT molecular complexity index is 336. The highest BCUT2D eigenvalue weighted by molar-refractivity contribution is 5.25. The zero-order valence-corrected chi connectivity index (χ0v) is 9.00. The van der Waals surface area contributed by atoms with Crippen LogP contribution in [0.5, 0.6) is 0 Å². The highest BCUT2D eigenvalue weighted by atomic mass is 16.3. The fourth-order valence-corrected chi connectivity index (χ4v) is 1.29. The molecule has 0 aliphatic rings. The Morgan fingerprint density at radius 2 is 1.88 bits per heavy atom. The van der Waals surface area contributed by atoms with E-state index in [1.165, 1.54) is 0 Å². The predicted molar refractivity (Wildman–Crippen MR) is 61.2 cm³/mol. The van der Waals surface area contributed by atoms with Crippen LogP contribution in [0.1, 0.15) is 5.82 Å². The molecule has 88 valence electrons.